The van der Waals surface area contributed by atoms with Crippen molar-refractivity contribution in [2.24, 2.45) is 5.73 Å². The molecule has 0 aliphatic rings. The largest absolute Gasteiger partial charge is 0.431 e. The van der Waals surface area contributed by atoms with Crippen molar-refractivity contribution in [1.29, 1.82) is 0 Å². The van der Waals surface area contributed by atoms with Crippen LogP contribution in [-0.2, 0) is 0 Å². The fourth-order valence-corrected chi connectivity index (χ4v) is 2.61. The highest BCUT2D eigenvalue weighted by molar-refractivity contribution is 7.12. The van der Waals surface area contributed by atoms with E-state index < -0.39 is 11.8 Å². The van der Waals surface area contributed by atoms with Crippen LogP contribution in [0.2, 0.25) is 0 Å². The molecule has 4 N–H and O–H groups in total. The van der Waals surface area contributed by atoms with Gasteiger partial charge in [0.2, 0.25) is 0 Å². The molecule has 1 aromatic carbocycles. The second kappa shape index (κ2) is 6.97. The molecule has 2 aromatic heterocycles. The first-order chi connectivity index (χ1) is 12.0. The second-order valence-electron chi connectivity index (χ2n) is 4.83. The summed E-state index contributed by atoms with van der Waals surface area (Å²) in [5.41, 5.74) is 5.64. The van der Waals surface area contributed by atoms with Crippen molar-refractivity contribution >= 4 is 40.8 Å². The Labute approximate surface area is 145 Å². The van der Waals surface area contributed by atoms with Gasteiger partial charge in [0.1, 0.15) is 6.26 Å². The minimum absolute atomic E-state index is 0.0549. The first-order valence-corrected chi connectivity index (χ1v) is 7.93. The number of primary amides is 1. The Morgan fingerprint density at radius 1 is 1.04 bits per heavy atom. The van der Waals surface area contributed by atoms with E-state index in [-0.39, 0.29) is 28.9 Å². The number of nitrogens with one attached hydrogen (secondary N) is 2. The summed E-state index contributed by atoms with van der Waals surface area (Å²) in [5.74, 6) is -1.66. The summed E-state index contributed by atoms with van der Waals surface area (Å²) in [6.07, 6.45) is 1.10. The molecule has 0 aliphatic heterocycles. The van der Waals surface area contributed by atoms with Gasteiger partial charge in [-0.25, -0.2) is 0 Å². The Kier molecular flexibility index (Phi) is 4.57. The summed E-state index contributed by atoms with van der Waals surface area (Å²) in [6, 6.07) is 9.60. The first-order valence-electron chi connectivity index (χ1n) is 7.05. The number of hydrogen-bond donors (Lipinski definition) is 3. The zero-order chi connectivity index (χ0) is 17.8. The van der Waals surface area contributed by atoms with Gasteiger partial charge in [0.15, 0.2) is 5.69 Å². The van der Waals surface area contributed by atoms with Crippen LogP contribution in [0, 0.1) is 0 Å². The quantitative estimate of drug-likeness (QED) is 0.646. The lowest BCUT2D eigenvalue weighted by atomic mass is 10.1. The van der Waals surface area contributed by atoms with Crippen LogP contribution in [0.15, 0.2) is 52.5 Å². The maximum Gasteiger partial charge on any atom is 0.302 e. The first kappa shape index (κ1) is 16.4. The number of nitrogens with zero attached hydrogens (tertiary/aromatic N) is 1. The van der Waals surface area contributed by atoms with Gasteiger partial charge in [-0.2, -0.15) is 4.98 Å². The Morgan fingerprint density at radius 3 is 2.56 bits per heavy atom. The molecule has 0 saturated carbocycles. The number of aromatic nitrogens is 1. The van der Waals surface area contributed by atoms with Crippen LogP contribution >= 0.6 is 11.3 Å². The standard InChI is InChI=1S/C16H12N4O4S/c17-13(21)9-4-1-2-5-10(9)18-14(22)11-8-24-16(19-11)20-15(23)12-6-3-7-25-12/h1-8H,(H2,17,21)(H,18,22)(H,19,20,23). The number of carbonyl (C=O) groups excluding carboxylic acids is 3. The average Bonchev–Trinajstić information content (AvgIpc) is 3.27. The normalized spacial score (nSPS) is 10.2. The number of amides is 3. The van der Waals surface area contributed by atoms with Crippen LogP contribution in [0.1, 0.15) is 30.5 Å². The number of rotatable bonds is 5. The van der Waals surface area contributed by atoms with Crippen LogP contribution in [0.25, 0.3) is 0 Å². The van der Waals surface area contributed by atoms with Crippen molar-refractivity contribution in [3.63, 3.8) is 0 Å². The van der Waals surface area contributed by atoms with Gasteiger partial charge in [-0.15, -0.1) is 11.3 Å². The van der Waals surface area contributed by atoms with E-state index in [9.17, 15) is 14.4 Å². The molecule has 0 spiro atoms. The third kappa shape index (κ3) is 3.72. The molecule has 3 aromatic rings. The predicted octanol–water partition coefficient (Wildman–Crippen LogP) is 2.34. The lowest BCUT2D eigenvalue weighted by molar-refractivity contribution is 0.0998. The molecular formula is C16H12N4O4S. The van der Waals surface area contributed by atoms with Crippen molar-refractivity contribution in [1.82, 2.24) is 4.98 Å². The number of para-hydroxylation sites is 1. The maximum atomic E-state index is 12.2. The second-order valence-corrected chi connectivity index (χ2v) is 5.78. The van der Waals surface area contributed by atoms with E-state index in [0.717, 1.165) is 6.26 Å². The molecule has 3 rings (SSSR count). The molecule has 126 valence electrons. The Bertz CT molecular complexity index is 933. The number of thiophene rings is 1. The van der Waals surface area contributed by atoms with Crippen molar-refractivity contribution < 1.29 is 18.8 Å². The van der Waals surface area contributed by atoms with Gasteiger partial charge in [0.25, 0.3) is 17.7 Å². The highest BCUT2D eigenvalue weighted by Crippen LogP contribution is 2.17. The Hall–Kier alpha value is -3.46. The van der Waals surface area contributed by atoms with Crippen molar-refractivity contribution in [2.75, 3.05) is 10.6 Å². The average molecular weight is 356 g/mol. The fourth-order valence-electron chi connectivity index (χ4n) is 2.00. The third-order valence-electron chi connectivity index (χ3n) is 3.14. The van der Waals surface area contributed by atoms with Crippen LogP contribution in [-0.4, -0.2) is 22.7 Å². The van der Waals surface area contributed by atoms with Gasteiger partial charge >= 0.3 is 6.01 Å². The molecule has 2 heterocycles. The molecule has 9 heteroatoms. The van der Waals surface area contributed by atoms with E-state index in [1.807, 2.05) is 0 Å². The van der Waals surface area contributed by atoms with Crippen LogP contribution in [0.4, 0.5) is 11.7 Å². The summed E-state index contributed by atoms with van der Waals surface area (Å²) in [6.45, 7) is 0. The van der Waals surface area contributed by atoms with E-state index in [4.69, 9.17) is 10.2 Å². The van der Waals surface area contributed by atoms with Crippen molar-refractivity contribution in [3.05, 3.63) is 64.2 Å². The molecule has 8 nitrogen and oxygen atoms in total. The SMILES string of the molecule is NC(=O)c1ccccc1NC(=O)c1coc(NC(=O)c2cccs2)n1. The van der Waals surface area contributed by atoms with Crippen LogP contribution in [0.5, 0.6) is 0 Å². The van der Waals surface area contributed by atoms with Crippen molar-refractivity contribution in [3.8, 4) is 0 Å². The molecule has 0 atom stereocenters. The molecule has 0 saturated heterocycles. The van der Waals surface area contributed by atoms with Crippen molar-refractivity contribution in [2.45, 2.75) is 0 Å². The lowest BCUT2D eigenvalue weighted by Gasteiger charge is -2.06. The van der Waals surface area contributed by atoms with Crippen LogP contribution < -0.4 is 16.4 Å². The van der Waals surface area contributed by atoms with E-state index in [1.54, 1.807) is 29.6 Å². The van der Waals surface area contributed by atoms with Gasteiger partial charge in [0, 0.05) is 0 Å². The number of oxazole rings is 1. The topological polar surface area (TPSA) is 127 Å². The zero-order valence-corrected chi connectivity index (χ0v) is 13.5. The minimum Gasteiger partial charge on any atom is -0.431 e. The molecule has 0 aliphatic carbocycles. The monoisotopic (exact) mass is 356 g/mol. The highest BCUT2D eigenvalue weighted by Gasteiger charge is 2.17. The number of anilines is 2. The molecule has 0 unspecified atom stereocenters. The summed E-state index contributed by atoms with van der Waals surface area (Å²) in [5, 5.41) is 6.75. The lowest BCUT2D eigenvalue weighted by Crippen LogP contribution is -2.18. The zero-order valence-electron chi connectivity index (χ0n) is 12.7. The van der Waals surface area contributed by atoms with Gasteiger partial charge in [-0.05, 0) is 23.6 Å². The van der Waals surface area contributed by atoms with E-state index in [0.29, 0.717) is 4.88 Å². The molecule has 0 radical (unpaired) electrons. The van der Waals surface area contributed by atoms with Gasteiger partial charge < -0.3 is 15.5 Å². The highest BCUT2D eigenvalue weighted by atomic mass is 32.1. The predicted molar refractivity (Wildman–Crippen MR) is 91.7 cm³/mol. The maximum absolute atomic E-state index is 12.2. The smallest absolute Gasteiger partial charge is 0.302 e. The summed E-state index contributed by atoms with van der Waals surface area (Å²) in [7, 11) is 0. The Morgan fingerprint density at radius 2 is 1.84 bits per heavy atom. The van der Waals surface area contributed by atoms with E-state index in [2.05, 4.69) is 15.6 Å². The fraction of sp³-hybridized carbons (Fsp3) is 0. The number of benzene rings is 1. The van der Waals surface area contributed by atoms with Crippen LogP contribution in [0.3, 0.4) is 0 Å². The molecule has 0 fully saturated rings. The van der Waals surface area contributed by atoms with E-state index >= 15 is 0 Å². The third-order valence-corrected chi connectivity index (χ3v) is 4.01. The molecular weight excluding hydrogens is 344 g/mol. The van der Waals surface area contributed by atoms with Gasteiger partial charge in [-0.3, -0.25) is 19.7 Å². The molecule has 0 bridgehead atoms. The number of carbonyl (C=O) groups is 3. The Balaban J connectivity index is 1.71. The summed E-state index contributed by atoms with van der Waals surface area (Å²) < 4.78 is 5.08. The molecule has 3 amide bonds. The van der Waals surface area contributed by atoms with Gasteiger partial charge in [-0.1, -0.05) is 18.2 Å². The molecule has 25 heavy (non-hydrogen) atoms. The van der Waals surface area contributed by atoms with Gasteiger partial charge in [0.05, 0.1) is 16.1 Å². The number of hydrogen-bond acceptors (Lipinski definition) is 6. The van der Waals surface area contributed by atoms with E-state index in [1.165, 1.54) is 23.5 Å². The summed E-state index contributed by atoms with van der Waals surface area (Å²) >= 11 is 1.26. The minimum atomic E-state index is -0.667. The number of nitrogens with two attached hydrogens (primary N) is 1. The summed E-state index contributed by atoms with van der Waals surface area (Å²) in [4.78, 5) is 39.9.